The van der Waals surface area contributed by atoms with Crippen LogP contribution in [0.4, 0.5) is 10.5 Å². The van der Waals surface area contributed by atoms with E-state index in [-0.39, 0.29) is 0 Å². The third kappa shape index (κ3) is 5.25. The molecule has 1 saturated heterocycles. The summed E-state index contributed by atoms with van der Waals surface area (Å²) in [7, 11) is -1.74. The Morgan fingerprint density at radius 2 is 2.00 bits per heavy atom. The van der Waals surface area contributed by atoms with E-state index in [2.05, 4.69) is 39.1 Å². The molecule has 2 aliphatic heterocycles. The molecule has 192 valence electrons. The Bertz CT molecular complexity index is 1300. The number of carbonyl (C=O) groups is 1. The Hall–Kier alpha value is -2.95. The number of rotatable bonds is 7. The Morgan fingerprint density at radius 1 is 1.17 bits per heavy atom. The average molecular weight is 512 g/mol. The Labute approximate surface area is 212 Å². The van der Waals surface area contributed by atoms with Crippen LogP contribution in [0.25, 0.3) is 11.1 Å². The number of pyridine rings is 1. The first kappa shape index (κ1) is 24.7. The largest absolute Gasteiger partial charge is 0.473 e. The summed E-state index contributed by atoms with van der Waals surface area (Å²) >= 11 is 0. The molecule has 9 nitrogen and oxygen atoms in total. The zero-order valence-corrected chi connectivity index (χ0v) is 21.7. The molecule has 2 N–H and O–H groups in total. The van der Waals surface area contributed by atoms with Gasteiger partial charge in [0, 0.05) is 44.0 Å². The average Bonchev–Trinajstić information content (AvgIpc) is 3.24. The molecule has 1 fully saturated rings. The van der Waals surface area contributed by atoms with E-state index in [4.69, 9.17) is 4.74 Å². The molecule has 1 aromatic heterocycles. The number of nitrogens with one attached hydrogen (secondary N) is 2. The van der Waals surface area contributed by atoms with Crippen LogP contribution in [0.5, 0.6) is 5.88 Å². The minimum absolute atomic E-state index is 0.431. The van der Waals surface area contributed by atoms with Crippen molar-refractivity contribution in [3.8, 4) is 17.0 Å². The quantitative estimate of drug-likeness (QED) is 0.553. The second-order valence-electron chi connectivity index (χ2n) is 9.81. The monoisotopic (exact) mass is 511 g/mol. The summed E-state index contributed by atoms with van der Waals surface area (Å²) in [6, 6.07) is 5.20. The second-order valence-corrected chi connectivity index (χ2v) is 11.5. The van der Waals surface area contributed by atoms with Crippen LogP contribution < -0.4 is 14.8 Å². The number of nitrogens with zero attached hydrogens (tertiary/aromatic N) is 3. The maximum absolute atomic E-state index is 12.9. The summed E-state index contributed by atoms with van der Waals surface area (Å²) in [5.74, 6) is 0.511. The first-order valence-corrected chi connectivity index (χ1v) is 13.9. The van der Waals surface area contributed by atoms with Crippen LogP contribution in [-0.4, -0.2) is 68.5 Å². The van der Waals surface area contributed by atoms with E-state index >= 15 is 0 Å². The van der Waals surface area contributed by atoms with Crippen LogP contribution in [0, 0.1) is 6.92 Å². The number of carbonyl (C=O) groups excluding carboxylic acids is 1. The fourth-order valence-corrected chi connectivity index (χ4v) is 6.30. The van der Waals surface area contributed by atoms with Crippen molar-refractivity contribution < 1.29 is 17.9 Å². The zero-order valence-electron chi connectivity index (χ0n) is 20.8. The third-order valence-corrected chi connectivity index (χ3v) is 8.55. The number of anilines is 1. The number of urea groups is 1. The third-order valence-electron chi connectivity index (χ3n) is 7.06. The van der Waals surface area contributed by atoms with Crippen LogP contribution in [0.15, 0.2) is 36.0 Å². The summed E-state index contributed by atoms with van der Waals surface area (Å²) in [6.45, 7) is 5.29. The summed E-state index contributed by atoms with van der Waals surface area (Å²) < 4.78 is 34.4. The van der Waals surface area contributed by atoms with Crippen LogP contribution in [0.1, 0.15) is 36.0 Å². The summed E-state index contributed by atoms with van der Waals surface area (Å²) in [5.41, 5.74) is 6.86. The lowest BCUT2D eigenvalue weighted by Crippen LogP contribution is -2.50. The number of aryl methyl sites for hydroxylation is 2. The highest BCUT2D eigenvalue weighted by Gasteiger charge is 2.30. The van der Waals surface area contributed by atoms with E-state index in [1.807, 2.05) is 19.1 Å². The second kappa shape index (κ2) is 10.2. The highest BCUT2D eigenvalue weighted by molar-refractivity contribution is 7.87. The number of fused-ring (bicyclic) bond motifs is 1. The van der Waals surface area contributed by atoms with Crippen molar-refractivity contribution in [3.63, 3.8) is 0 Å². The molecule has 1 aromatic carbocycles. The van der Waals surface area contributed by atoms with Crippen molar-refractivity contribution in [2.45, 2.75) is 39.0 Å². The Balaban J connectivity index is 1.42. The van der Waals surface area contributed by atoms with E-state index in [1.165, 1.54) is 15.4 Å². The van der Waals surface area contributed by atoms with Crippen LogP contribution in [-0.2, 0) is 23.1 Å². The van der Waals surface area contributed by atoms with Gasteiger partial charge >= 0.3 is 16.2 Å². The van der Waals surface area contributed by atoms with Gasteiger partial charge in [0.2, 0.25) is 5.88 Å². The standard InChI is InChI=1S/C26H33N5O4S/c1-18-14-20-7-3-8-22(20)25(28-26(32)29-36(33,34)31-12-5-13-31)24(18)21-9-10-27-23(15-21)35-17-19-6-4-11-30(2)16-19/h6,9-10,14-15H,3-5,7-8,11-13,16-17H2,1-2H3,(H2,28,29,32). The number of amides is 2. The molecule has 2 amide bonds. The van der Waals surface area contributed by atoms with Gasteiger partial charge in [-0.05, 0) is 80.0 Å². The molecule has 3 heterocycles. The van der Waals surface area contributed by atoms with Crippen LogP contribution in [0.3, 0.4) is 0 Å². The lowest BCUT2D eigenvalue weighted by Gasteiger charge is -2.29. The van der Waals surface area contributed by atoms with Crippen molar-refractivity contribution in [2.24, 2.45) is 0 Å². The van der Waals surface area contributed by atoms with Crippen LogP contribution >= 0.6 is 0 Å². The van der Waals surface area contributed by atoms with Crippen LogP contribution in [0.2, 0.25) is 0 Å². The number of ether oxygens (including phenoxy) is 1. The van der Waals surface area contributed by atoms with Gasteiger partial charge in [-0.1, -0.05) is 12.1 Å². The smallest absolute Gasteiger partial charge is 0.333 e. The van der Waals surface area contributed by atoms with Crippen molar-refractivity contribution in [1.29, 1.82) is 0 Å². The molecule has 0 unspecified atom stereocenters. The van der Waals surface area contributed by atoms with Crippen molar-refractivity contribution >= 4 is 21.9 Å². The van der Waals surface area contributed by atoms with Gasteiger partial charge in [-0.25, -0.2) is 14.5 Å². The van der Waals surface area contributed by atoms with Crippen molar-refractivity contribution in [1.82, 2.24) is 18.9 Å². The molecule has 0 atom stereocenters. The molecule has 10 heteroatoms. The number of likely N-dealkylation sites (N-methyl/N-ethyl adjacent to an activating group) is 1. The Morgan fingerprint density at radius 3 is 2.75 bits per heavy atom. The Kier molecular flexibility index (Phi) is 7.00. The predicted molar refractivity (Wildman–Crippen MR) is 139 cm³/mol. The molecular weight excluding hydrogens is 478 g/mol. The van der Waals surface area contributed by atoms with Gasteiger partial charge in [0.1, 0.15) is 6.61 Å². The minimum Gasteiger partial charge on any atom is -0.473 e. The SMILES string of the molecule is Cc1cc2c(c(NC(=O)NS(=O)(=O)N3CCC3)c1-c1ccnc(OCC3=CCCN(C)C3)c1)CCC2. The molecule has 0 saturated carbocycles. The van der Waals surface area contributed by atoms with Crippen molar-refractivity contribution in [2.75, 3.05) is 45.2 Å². The van der Waals surface area contributed by atoms with Gasteiger partial charge in [0.25, 0.3) is 0 Å². The normalized spacial score (nSPS) is 18.2. The molecule has 0 spiro atoms. The van der Waals surface area contributed by atoms with Gasteiger partial charge in [-0.3, -0.25) is 0 Å². The molecule has 2 aromatic rings. The van der Waals surface area contributed by atoms with E-state index in [0.29, 0.717) is 31.3 Å². The molecule has 5 rings (SSSR count). The number of hydrogen-bond acceptors (Lipinski definition) is 6. The van der Waals surface area contributed by atoms with Gasteiger partial charge in [0.15, 0.2) is 0 Å². The lowest BCUT2D eigenvalue weighted by atomic mass is 9.93. The van der Waals surface area contributed by atoms with E-state index in [9.17, 15) is 13.2 Å². The highest BCUT2D eigenvalue weighted by Crippen LogP contribution is 2.40. The van der Waals surface area contributed by atoms with E-state index in [1.54, 1.807) is 6.20 Å². The van der Waals surface area contributed by atoms with E-state index < -0.39 is 16.2 Å². The summed E-state index contributed by atoms with van der Waals surface area (Å²) in [4.78, 5) is 19.5. The predicted octanol–water partition coefficient (Wildman–Crippen LogP) is 3.26. The van der Waals surface area contributed by atoms with E-state index in [0.717, 1.165) is 67.4 Å². The maximum atomic E-state index is 12.9. The number of benzene rings is 1. The minimum atomic E-state index is -3.84. The van der Waals surface area contributed by atoms with Crippen molar-refractivity contribution in [3.05, 3.63) is 52.7 Å². The molecule has 0 bridgehead atoms. The zero-order chi connectivity index (χ0) is 25.3. The lowest BCUT2D eigenvalue weighted by molar-refractivity contribution is 0.254. The first-order chi connectivity index (χ1) is 17.3. The fourth-order valence-electron chi connectivity index (χ4n) is 5.15. The first-order valence-electron chi connectivity index (χ1n) is 12.5. The van der Waals surface area contributed by atoms with Gasteiger partial charge in [-0.2, -0.15) is 12.7 Å². The molecule has 3 aliphatic rings. The summed E-state index contributed by atoms with van der Waals surface area (Å²) in [6.07, 6.45) is 8.51. The number of aromatic nitrogens is 1. The van der Waals surface area contributed by atoms with Gasteiger partial charge < -0.3 is 15.0 Å². The molecular formula is C26H33N5O4S. The fraction of sp³-hybridized carbons (Fsp3) is 0.462. The maximum Gasteiger partial charge on any atom is 0.333 e. The molecule has 36 heavy (non-hydrogen) atoms. The summed E-state index contributed by atoms with van der Waals surface area (Å²) in [5, 5.41) is 2.89. The van der Waals surface area contributed by atoms with Gasteiger partial charge in [0.05, 0.1) is 5.69 Å². The molecule has 1 aliphatic carbocycles. The topological polar surface area (TPSA) is 104 Å². The highest BCUT2D eigenvalue weighted by atomic mass is 32.2. The number of hydrogen-bond donors (Lipinski definition) is 2. The van der Waals surface area contributed by atoms with Gasteiger partial charge in [-0.15, -0.1) is 0 Å². The molecule has 0 radical (unpaired) electrons.